The number of hydrogen-bond donors (Lipinski definition) is 1. The number of nitrogens with zero attached hydrogens (tertiary/aromatic N) is 2. The number of nitriles is 1. The summed E-state index contributed by atoms with van der Waals surface area (Å²) in [5, 5.41) is 11.5. The Morgan fingerprint density at radius 2 is 2.00 bits per heavy atom. The molecular formula is C14H10BrN3O. The lowest BCUT2D eigenvalue weighted by atomic mass is 10.1. The van der Waals surface area contributed by atoms with Crippen molar-refractivity contribution < 1.29 is 4.79 Å². The normalized spacial score (nSPS) is 9.68. The number of hydrogen-bond acceptors (Lipinski definition) is 3. The molecule has 19 heavy (non-hydrogen) atoms. The summed E-state index contributed by atoms with van der Waals surface area (Å²) < 4.78 is 0.691. The lowest BCUT2D eigenvalue weighted by molar-refractivity contribution is 0.0950. The number of nitrogens with one attached hydrogen (secondary N) is 1. The van der Waals surface area contributed by atoms with Crippen LogP contribution in [0.2, 0.25) is 0 Å². The molecule has 1 heterocycles. The summed E-state index contributed by atoms with van der Waals surface area (Å²) in [4.78, 5) is 15.8. The fourth-order valence-corrected chi connectivity index (χ4v) is 1.73. The number of halogens is 1. The van der Waals surface area contributed by atoms with Gasteiger partial charge in [0, 0.05) is 12.7 Å². The van der Waals surface area contributed by atoms with Crippen molar-refractivity contribution in [2.45, 2.75) is 6.54 Å². The second-order valence-corrected chi connectivity index (χ2v) is 4.67. The molecule has 1 amide bonds. The molecule has 0 saturated heterocycles. The summed E-state index contributed by atoms with van der Waals surface area (Å²) in [6.45, 7) is 0.417. The van der Waals surface area contributed by atoms with Crippen LogP contribution in [0.4, 0.5) is 0 Å². The Kier molecular flexibility index (Phi) is 4.26. The van der Waals surface area contributed by atoms with Gasteiger partial charge in [0.15, 0.2) is 0 Å². The van der Waals surface area contributed by atoms with Gasteiger partial charge in [0.1, 0.15) is 4.60 Å². The third-order valence-corrected chi connectivity index (χ3v) is 2.99. The summed E-state index contributed by atoms with van der Waals surface area (Å²) in [7, 11) is 0. The molecule has 1 aromatic carbocycles. The van der Waals surface area contributed by atoms with Crippen molar-refractivity contribution in [2.75, 3.05) is 0 Å². The molecule has 2 rings (SSSR count). The third kappa shape index (κ3) is 3.63. The Hall–Kier alpha value is -2.19. The van der Waals surface area contributed by atoms with Gasteiger partial charge in [0.2, 0.25) is 0 Å². The molecule has 1 N–H and O–H groups in total. The van der Waals surface area contributed by atoms with Gasteiger partial charge in [0.05, 0.1) is 17.2 Å². The van der Waals surface area contributed by atoms with E-state index >= 15 is 0 Å². The number of rotatable bonds is 3. The van der Waals surface area contributed by atoms with Gasteiger partial charge in [-0.2, -0.15) is 5.26 Å². The second kappa shape index (κ2) is 6.12. The van der Waals surface area contributed by atoms with Crippen LogP contribution in [0, 0.1) is 11.3 Å². The van der Waals surface area contributed by atoms with Crippen LogP contribution in [0.25, 0.3) is 0 Å². The summed E-state index contributed by atoms with van der Waals surface area (Å²) in [5.41, 5.74) is 2.06. The molecule has 0 saturated carbocycles. The van der Waals surface area contributed by atoms with Crippen LogP contribution in [-0.2, 0) is 6.54 Å². The number of amides is 1. The quantitative estimate of drug-likeness (QED) is 0.885. The predicted octanol–water partition coefficient (Wildman–Crippen LogP) is 2.65. The van der Waals surface area contributed by atoms with Gasteiger partial charge >= 0.3 is 0 Å². The van der Waals surface area contributed by atoms with Crippen molar-refractivity contribution in [2.24, 2.45) is 0 Å². The van der Waals surface area contributed by atoms with E-state index in [0.29, 0.717) is 22.3 Å². The number of carbonyl (C=O) groups is 1. The van der Waals surface area contributed by atoms with Crippen LogP contribution in [0.5, 0.6) is 0 Å². The average molecular weight is 316 g/mol. The Morgan fingerprint density at radius 3 is 2.58 bits per heavy atom. The van der Waals surface area contributed by atoms with Crippen LogP contribution in [0.1, 0.15) is 21.5 Å². The van der Waals surface area contributed by atoms with E-state index in [1.165, 1.54) is 6.20 Å². The molecule has 0 unspecified atom stereocenters. The lowest BCUT2D eigenvalue weighted by Crippen LogP contribution is -2.22. The first kappa shape index (κ1) is 13.2. The minimum absolute atomic E-state index is 0.177. The Balaban J connectivity index is 1.96. The highest BCUT2D eigenvalue weighted by atomic mass is 79.9. The van der Waals surface area contributed by atoms with E-state index in [2.05, 4.69) is 32.3 Å². The van der Waals surface area contributed by atoms with E-state index in [-0.39, 0.29) is 5.91 Å². The first-order chi connectivity index (χ1) is 9.19. The topological polar surface area (TPSA) is 65.8 Å². The summed E-state index contributed by atoms with van der Waals surface area (Å²) in [6.07, 6.45) is 1.51. The zero-order chi connectivity index (χ0) is 13.7. The largest absolute Gasteiger partial charge is 0.348 e. The highest BCUT2D eigenvalue weighted by Gasteiger charge is 2.05. The maximum atomic E-state index is 11.8. The summed E-state index contributed by atoms with van der Waals surface area (Å²) in [6, 6.07) is 12.6. The van der Waals surface area contributed by atoms with Crippen LogP contribution in [-0.4, -0.2) is 10.9 Å². The summed E-state index contributed by atoms with van der Waals surface area (Å²) >= 11 is 3.21. The maximum Gasteiger partial charge on any atom is 0.253 e. The van der Waals surface area contributed by atoms with E-state index in [0.717, 1.165) is 5.56 Å². The third-order valence-electron chi connectivity index (χ3n) is 2.53. The lowest BCUT2D eigenvalue weighted by Gasteiger charge is -2.05. The SMILES string of the molecule is N#Cc1ccc(CNC(=O)c2ccc(Br)nc2)cc1. The molecule has 1 aromatic heterocycles. The highest BCUT2D eigenvalue weighted by Crippen LogP contribution is 2.07. The van der Waals surface area contributed by atoms with Crippen LogP contribution in [0.3, 0.4) is 0 Å². The van der Waals surface area contributed by atoms with Gasteiger partial charge in [-0.1, -0.05) is 12.1 Å². The van der Waals surface area contributed by atoms with Crippen LogP contribution >= 0.6 is 15.9 Å². The monoisotopic (exact) mass is 315 g/mol. The van der Waals surface area contributed by atoms with Gasteiger partial charge in [0.25, 0.3) is 5.91 Å². The Morgan fingerprint density at radius 1 is 1.26 bits per heavy atom. The van der Waals surface area contributed by atoms with Gasteiger partial charge in [-0.25, -0.2) is 4.98 Å². The van der Waals surface area contributed by atoms with Crippen molar-refractivity contribution in [3.05, 3.63) is 63.9 Å². The molecule has 0 spiro atoms. The molecule has 0 aliphatic carbocycles. The molecule has 5 heteroatoms. The molecule has 0 atom stereocenters. The van der Waals surface area contributed by atoms with E-state index in [9.17, 15) is 4.79 Å². The molecule has 2 aromatic rings. The number of benzene rings is 1. The first-order valence-corrected chi connectivity index (χ1v) is 6.37. The van der Waals surface area contributed by atoms with E-state index in [1.54, 1.807) is 24.3 Å². The van der Waals surface area contributed by atoms with Gasteiger partial charge in [-0.3, -0.25) is 4.79 Å². The van der Waals surface area contributed by atoms with Crippen molar-refractivity contribution in [3.63, 3.8) is 0 Å². The van der Waals surface area contributed by atoms with Crippen molar-refractivity contribution in [1.29, 1.82) is 5.26 Å². The zero-order valence-corrected chi connectivity index (χ0v) is 11.5. The summed E-state index contributed by atoms with van der Waals surface area (Å²) in [5.74, 6) is -0.177. The fraction of sp³-hybridized carbons (Fsp3) is 0.0714. The second-order valence-electron chi connectivity index (χ2n) is 3.86. The molecule has 0 fully saturated rings. The Bertz CT molecular complexity index is 615. The number of pyridine rings is 1. The minimum Gasteiger partial charge on any atom is -0.348 e. The van der Waals surface area contributed by atoms with Crippen molar-refractivity contribution in [3.8, 4) is 6.07 Å². The van der Waals surface area contributed by atoms with Gasteiger partial charge in [-0.05, 0) is 45.8 Å². The standard InChI is InChI=1S/C14H10BrN3O/c15-13-6-5-12(9-17-13)14(19)18-8-11-3-1-10(7-16)2-4-11/h1-6,9H,8H2,(H,18,19). The smallest absolute Gasteiger partial charge is 0.253 e. The highest BCUT2D eigenvalue weighted by molar-refractivity contribution is 9.10. The number of carbonyl (C=O) groups excluding carboxylic acids is 1. The van der Waals surface area contributed by atoms with E-state index in [1.807, 2.05) is 12.1 Å². The predicted molar refractivity (Wildman–Crippen MR) is 74.3 cm³/mol. The molecule has 0 radical (unpaired) electrons. The Labute approximate surface area is 119 Å². The van der Waals surface area contributed by atoms with Crippen molar-refractivity contribution in [1.82, 2.24) is 10.3 Å². The fourth-order valence-electron chi connectivity index (χ4n) is 1.49. The number of aromatic nitrogens is 1. The molecule has 0 bridgehead atoms. The first-order valence-electron chi connectivity index (χ1n) is 5.58. The van der Waals surface area contributed by atoms with Crippen LogP contribution in [0.15, 0.2) is 47.2 Å². The molecule has 94 valence electrons. The average Bonchev–Trinajstić information content (AvgIpc) is 2.46. The molecule has 4 nitrogen and oxygen atoms in total. The minimum atomic E-state index is -0.177. The van der Waals surface area contributed by atoms with Crippen LogP contribution < -0.4 is 5.32 Å². The van der Waals surface area contributed by atoms with Gasteiger partial charge < -0.3 is 5.32 Å². The van der Waals surface area contributed by atoms with E-state index < -0.39 is 0 Å². The zero-order valence-electron chi connectivity index (χ0n) is 9.93. The maximum absolute atomic E-state index is 11.8. The molecule has 0 aliphatic rings. The molecule has 0 aliphatic heterocycles. The van der Waals surface area contributed by atoms with E-state index in [4.69, 9.17) is 5.26 Å². The molecular weight excluding hydrogens is 306 g/mol. The van der Waals surface area contributed by atoms with Gasteiger partial charge in [-0.15, -0.1) is 0 Å². The van der Waals surface area contributed by atoms with Crippen molar-refractivity contribution >= 4 is 21.8 Å².